The number of hydrogen-bond acceptors (Lipinski definition) is 5. The molecule has 33 heavy (non-hydrogen) atoms. The molecule has 10 heteroatoms. The van der Waals surface area contributed by atoms with Crippen LogP contribution in [0.25, 0.3) is 5.57 Å². The average molecular weight is 486 g/mol. The van der Waals surface area contributed by atoms with E-state index in [0.29, 0.717) is 22.2 Å². The molecule has 170 valence electrons. The number of hydrazine groups is 1. The lowest BCUT2D eigenvalue weighted by Gasteiger charge is -2.33. The van der Waals surface area contributed by atoms with E-state index in [0.717, 1.165) is 48.3 Å². The van der Waals surface area contributed by atoms with Crippen LogP contribution in [0.5, 0.6) is 0 Å². The fourth-order valence-corrected chi connectivity index (χ4v) is 4.82. The van der Waals surface area contributed by atoms with E-state index in [2.05, 4.69) is 21.3 Å². The molecular weight excluding hydrogens is 465 g/mol. The van der Waals surface area contributed by atoms with E-state index in [9.17, 15) is 14.4 Å². The fraction of sp³-hybridized carbons (Fsp3) is 0.304. The van der Waals surface area contributed by atoms with E-state index >= 15 is 0 Å². The number of urea groups is 1. The van der Waals surface area contributed by atoms with Gasteiger partial charge in [0.15, 0.2) is 0 Å². The number of imide groups is 1. The van der Waals surface area contributed by atoms with Crippen LogP contribution < -0.4 is 5.32 Å². The molecule has 5 rings (SSSR count). The first-order chi connectivity index (χ1) is 15.9. The molecular formula is C23H21Cl2N5O3. The molecule has 0 bridgehead atoms. The van der Waals surface area contributed by atoms with Gasteiger partial charge in [0.2, 0.25) is 5.91 Å². The predicted molar refractivity (Wildman–Crippen MR) is 123 cm³/mol. The third-order valence-corrected chi connectivity index (χ3v) is 6.95. The molecule has 0 aliphatic carbocycles. The number of amides is 4. The number of rotatable bonds is 4. The zero-order valence-electron chi connectivity index (χ0n) is 17.7. The minimum absolute atomic E-state index is 0.179. The van der Waals surface area contributed by atoms with E-state index in [1.807, 2.05) is 18.2 Å². The monoisotopic (exact) mass is 485 g/mol. The molecule has 1 saturated heterocycles. The summed E-state index contributed by atoms with van der Waals surface area (Å²) in [5, 5.41) is 5.98. The number of hydrogen-bond donors (Lipinski definition) is 1. The molecule has 1 aromatic carbocycles. The second kappa shape index (κ2) is 8.78. The Kier molecular flexibility index (Phi) is 5.82. The Balaban J connectivity index is 1.26. The van der Waals surface area contributed by atoms with E-state index in [-0.39, 0.29) is 24.8 Å². The van der Waals surface area contributed by atoms with E-state index < -0.39 is 6.03 Å². The first kappa shape index (κ1) is 21.9. The summed E-state index contributed by atoms with van der Waals surface area (Å²) >= 11 is 12.4. The largest absolute Gasteiger partial charge is 0.342 e. The van der Waals surface area contributed by atoms with E-state index in [1.165, 1.54) is 10.0 Å². The van der Waals surface area contributed by atoms with Crippen molar-refractivity contribution >= 4 is 46.6 Å². The van der Waals surface area contributed by atoms with Gasteiger partial charge in [-0.2, -0.15) is 0 Å². The Morgan fingerprint density at radius 2 is 1.85 bits per heavy atom. The number of benzene rings is 1. The zero-order chi connectivity index (χ0) is 23.1. The summed E-state index contributed by atoms with van der Waals surface area (Å²) in [5.74, 6) is -0.547. The number of fused-ring (bicyclic) bond motifs is 1. The Morgan fingerprint density at radius 1 is 1.00 bits per heavy atom. The summed E-state index contributed by atoms with van der Waals surface area (Å²) in [6, 6.07) is 5.25. The highest BCUT2D eigenvalue weighted by Gasteiger charge is 2.36. The normalized spacial score (nSPS) is 19.0. The van der Waals surface area contributed by atoms with Gasteiger partial charge < -0.3 is 0 Å². The first-order valence-corrected chi connectivity index (χ1v) is 11.4. The third-order valence-electron chi connectivity index (χ3n) is 6.16. The maximum absolute atomic E-state index is 12.8. The number of pyridine rings is 1. The smallest absolute Gasteiger partial charge is 0.295 e. The molecule has 2 aromatic rings. The molecule has 1 fully saturated rings. The molecule has 0 radical (unpaired) electrons. The van der Waals surface area contributed by atoms with Gasteiger partial charge in [-0.25, -0.2) is 14.8 Å². The van der Waals surface area contributed by atoms with Gasteiger partial charge in [-0.15, -0.1) is 0 Å². The van der Waals surface area contributed by atoms with Crippen LogP contribution in [0.15, 0.2) is 36.7 Å². The van der Waals surface area contributed by atoms with Crippen molar-refractivity contribution in [2.45, 2.75) is 25.9 Å². The third kappa shape index (κ3) is 4.21. The second-order valence-electron chi connectivity index (χ2n) is 8.28. The molecule has 8 nitrogen and oxygen atoms in total. The highest BCUT2D eigenvalue weighted by atomic mass is 35.5. The van der Waals surface area contributed by atoms with Crippen molar-refractivity contribution in [3.05, 3.63) is 69.0 Å². The van der Waals surface area contributed by atoms with Crippen LogP contribution in [0.2, 0.25) is 10.0 Å². The lowest BCUT2D eigenvalue weighted by atomic mass is 10.00. The van der Waals surface area contributed by atoms with Crippen LogP contribution in [0.4, 0.5) is 4.79 Å². The summed E-state index contributed by atoms with van der Waals surface area (Å²) < 4.78 is 0. The van der Waals surface area contributed by atoms with Crippen molar-refractivity contribution in [2.24, 2.45) is 0 Å². The standard InChI is InChI=1S/C23H21Cl2N5O3/c24-19-11-26-10-18(21(19)25)15-3-6-28(7-4-15)12-14-1-2-17-16(9-14)13-30(22(17)32)29-8-5-20(31)27-23(29)33/h1-3,9-11H,4-8,12-13H2,(H,27,31,33). The number of halogens is 2. The molecule has 3 aliphatic heterocycles. The number of aromatic nitrogens is 1. The Morgan fingerprint density at radius 3 is 2.61 bits per heavy atom. The number of nitrogens with one attached hydrogen (secondary N) is 1. The maximum Gasteiger partial charge on any atom is 0.342 e. The van der Waals surface area contributed by atoms with Crippen LogP contribution in [-0.2, 0) is 17.9 Å². The highest BCUT2D eigenvalue weighted by molar-refractivity contribution is 6.42. The first-order valence-electron chi connectivity index (χ1n) is 10.7. The van der Waals surface area contributed by atoms with Crippen LogP contribution in [0, 0.1) is 0 Å². The summed E-state index contributed by atoms with van der Waals surface area (Å²) in [6.07, 6.45) is 6.45. The maximum atomic E-state index is 12.8. The molecule has 0 spiro atoms. The lowest BCUT2D eigenvalue weighted by molar-refractivity contribution is -0.123. The van der Waals surface area contributed by atoms with Crippen LogP contribution in [0.3, 0.4) is 0 Å². The molecule has 4 amide bonds. The molecule has 4 heterocycles. The van der Waals surface area contributed by atoms with Gasteiger partial charge in [0, 0.05) is 49.6 Å². The molecule has 3 aliphatic rings. The fourth-order valence-electron chi connectivity index (χ4n) is 4.44. The van der Waals surface area contributed by atoms with Crippen molar-refractivity contribution in [3.8, 4) is 0 Å². The van der Waals surface area contributed by atoms with Gasteiger partial charge in [-0.1, -0.05) is 41.4 Å². The molecule has 1 N–H and O–H groups in total. The number of nitrogens with zero attached hydrogens (tertiary/aromatic N) is 4. The van der Waals surface area contributed by atoms with Gasteiger partial charge in [0.05, 0.1) is 23.1 Å². The Hall–Kier alpha value is -2.94. The Bertz CT molecular complexity index is 1200. The lowest BCUT2D eigenvalue weighted by Crippen LogP contribution is -2.56. The molecule has 1 aromatic heterocycles. The van der Waals surface area contributed by atoms with Gasteiger partial charge in [0.25, 0.3) is 5.91 Å². The molecule has 0 atom stereocenters. The van der Waals surface area contributed by atoms with Crippen molar-refractivity contribution in [2.75, 3.05) is 19.6 Å². The summed E-state index contributed by atoms with van der Waals surface area (Å²) in [5.41, 5.74) is 4.59. The number of carbonyl (C=O) groups is 3. The van der Waals surface area contributed by atoms with Crippen molar-refractivity contribution in [1.82, 2.24) is 25.2 Å². The van der Waals surface area contributed by atoms with Crippen LogP contribution in [-0.4, -0.2) is 57.4 Å². The van der Waals surface area contributed by atoms with Crippen molar-refractivity contribution in [3.63, 3.8) is 0 Å². The molecule has 0 unspecified atom stereocenters. The quantitative estimate of drug-likeness (QED) is 0.716. The minimum atomic E-state index is -0.557. The van der Waals surface area contributed by atoms with Crippen molar-refractivity contribution in [1.29, 1.82) is 0 Å². The van der Waals surface area contributed by atoms with Gasteiger partial charge in [0.1, 0.15) is 0 Å². The SMILES string of the molecule is O=C1CCN(N2Cc3cc(CN4CC=C(c5cncc(Cl)c5Cl)CC4)ccc3C2=O)C(=O)N1. The van der Waals surface area contributed by atoms with E-state index in [4.69, 9.17) is 23.2 Å². The number of carbonyl (C=O) groups excluding carboxylic acids is 3. The topological polar surface area (TPSA) is 85.9 Å². The average Bonchev–Trinajstić information content (AvgIpc) is 3.12. The Labute approximate surface area is 200 Å². The van der Waals surface area contributed by atoms with Gasteiger partial charge in [-0.3, -0.25) is 24.8 Å². The van der Waals surface area contributed by atoms with Gasteiger partial charge >= 0.3 is 6.03 Å². The second-order valence-corrected chi connectivity index (χ2v) is 9.06. The summed E-state index contributed by atoms with van der Waals surface area (Å²) in [4.78, 5) is 42.9. The summed E-state index contributed by atoms with van der Waals surface area (Å²) in [7, 11) is 0. The zero-order valence-corrected chi connectivity index (χ0v) is 19.2. The summed E-state index contributed by atoms with van der Waals surface area (Å²) in [6.45, 7) is 2.88. The predicted octanol–water partition coefficient (Wildman–Crippen LogP) is 3.49. The minimum Gasteiger partial charge on any atom is -0.295 e. The van der Waals surface area contributed by atoms with Gasteiger partial charge in [-0.05, 0) is 29.2 Å². The van der Waals surface area contributed by atoms with Crippen LogP contribution >= 0.6 is 23.2 Å². The van der Waals surface area contributed by atoms with Crippen LogP contribution in [0.1, 0.15) is 39.9 Å². The highest BCUT2D eigenvalue weighted by Crippen LogP contribution is 2.33. The van der Waals surface area contributed by atoms with Crippen molar-refractivity contribution < 1.29 is 14.4 Å². The molecule has 0 saturated carbocycles. The van der Waals surface area contributed by atoms with E-state index in [1.54, 1.807) is 12.4 Å².